The van der Waals surface area contributed by atoms with Crippen molar-refractivity contribution >= 4 is 10.0 Å². The first-order valence-electron chi connectivity index (χ1n) is 8.63. The highest BCUT2D eigenvalue weighted by molar-refractivity contribution is 7.89. The maximum atomic E-state index is 13.1. The average Bonchev–Trinajstić information content (AvgIpc) is 2.67. The van der Waals surface area contributed by atoms with Crippen LogP contribution in [0.25, 0.3) is 0 Å². The van der Waals surface area contributed by atoms with Gasteiger partial charge in [0.1, 0.15) is 5.82 Å². The number of morpholine rings is 1. The second kappa shape index (κ2) is 8.26. The Morgan fingerprint density at radius 2 is 1.77 bits per heavy atom. The van der Waals surface area contributed by atoms with E-state index in [1.807, 2.05) is 19.1 Å². The number of ether oxygens (including phenoxy) is 1. The Labute approximate surface area is 153 Å². The molecule has 1 saturated heterocycles. The van der Waals surface area contributed by atoms with Crippen LogP contribution < -0.4 is 5.32 Å². The third kappa shape index (κ3) is 4.29. The van der Waals surface area contributed by atoms with Crippen molar-refractivity contribution in [2.75, 3.05) is 26.3 Å². The van der Waals surface area contributed by atoms with Crippen LogP contribution in [-0.2, 0) is 21.3 Å². The molecule has 1 heterocycles. The van der Waals surface area contributed by atoms with E-state index in [0.29, 0.717) is 43.3 Å². The zero-order valence-corrected chi connectivity index (χ0v) is 15.5. The predicted molar refractivity (Wildman–Crippen MR) is 97.7 cm³/mol. The second-order valence-electron chi connectivity index (χ2n) is 6.28. The van der Waals surface area contributed by atoms with Gasteiger partial charge in [-0.1, -0.05) is 30.3 Å². The van der Waals surface area contributed by atoms with Crippen molar-refractivity contribution in [2.45, 2.75) is 24.4 Å². The minimum absolute atomic E-state index is 0.0326. The summed E-state index contributed by atoms with van der Waals surface area (Å²) in [4.78, 5) is 0.320. The normalized spacial score (nSPS) is 17.2. The highest BCUT2D eigenvalue weighted by Crippen LogP contribution is 2.22. The molecule has 0 saturated carbocycles. The Hall–Kier alpha value is -1.80. The molecule has 1 fully saturated rings. The standard InChI is InChI=1S/C19H23FN2O3S/c1-15(16-6-8-18(20)9-7-16)21-14-17-4-2-3-5-19(17)26(23,24)22-10-12-25-13-11-22/h2-9,15,21H,10-14H2,1H3/t15-/m0/s1. The van der Waals surface area contributed by atoms with Gasteiger partial charge in [-0.3, -0.25) is 0 Å². The summed E-state index contributed by atoms with van der Waals surface area (Å²) in [5.41, 5.74) is 1.66. The lowest BCUT2D eigenvalue weighted by Crippen LogP contribution is -2.41. The van der Waals surface area contributed by atoms with E-state index in [4.69, 9.17) is 4.74 Å². The van der Waals surface area contributed by atoms with E-state index in [9.17, 15) is 12.8 Å². The summed E-state index contributed by atoms with van der Waals surface area (Å²) in [7, 11) is -3.55. The molecule has 1 atom stereocenters. The first-order chi connectivity index (χ1) is 12.5. The van der Waals surface area contributed by atoms with E-state index >= 15 is 0 Å². The summed E-state index contributed by atoms with van der Waals surface area (Å²) in [6, 6.07) is 13.3. The van der Waals surface area contributed by atoms with Crippen LogP contribution in [0.4, 0.5) is 4.39 Å². The molecule has 1 N–H and O–H groups in total. The minimum atomic E-state index is -3.55. The van der Waals surface area contributed by atoms with Crippen LogP contribution in [0.3, 0.4) is 0 Å². The van der Waals surface area contributed by atoms with Crippen molar-refractivity contribution in [2.24, 2.45) is 0 Å². The average molecular weight is 378 g/mol. The third-order valence-electron chi connectivity index (χ3n) is 4.53. The molecule has 7 heteroatoms. The van der Waals surface area contributed by atoms with Crippen LogP contribution in [0.15, 0.2) is 53.4 Å². The molecule has 140 valence electrons. The van der Waals surface area contributed by atoms with E-state index in [1.54, 1.807) is 24.3 Å². The molecule has 0 radical (unpaired) electrons. The molecule has 5 nitrogen and oxygen atoms in total. The summed E-state index contributed by atoms with van der Waals surface area (Å²) in [5, 5.41) is 3.32. The monoisotopic (exact) mass is 378 g/mol. The number of sulfonamides is 1. The van der Waals surface area contributed by atoms with Crippen molar-refractivity contribution in [3.05, 3.63) is 65.5 Å². The molecule has 1 aliphatic heterocycles. The smallest absolute Gasteiger partial charge is 0.243 e. The van der Waals surface area contributed by atoms with Gasteiger partial charge < -0.3 is 10.1 Å². The Balaban J connectivity index is 1.75. The van der Waals surface area contributed by atoms with Crippen molar-refractivity contribution in [1.29, 1.82) is 0 Å². The highest BCUT2D eigenvalue weighted by Gasteiger charge is 2.28. The van der Waals surface area contributed by atoms with Crippen LogP contribution in [0, 0.1) is 5.82 Å². The molecule has 26 heavy (non-hydrogen) atoms. The minimum Gasteiger partial charge on any atom is -0.379 e. The number of benzene rings is 2. The molecule has 2 aromatic carbocycles. The van der Waals surface area contributed by atoms with Gasteiger partial charge in [-0.05, 0) is 36.2 Å². The topological polar surface area (TPSA) is 58.6 Å². The molecular weight excluding hydrogens is 355 g/mol. The van der Waals surface area contributed by atoms with Gasteiger partial charge in [0.05, 0.1) is 18.1 Å². The number of hydrogen-bond donors (Lipinski definition) is 1. The molecule has 0 aromatic heterocycles. The molecular formula is C19H23FN2O3S. The van der Waals surface area contributed by atoms with Gasteiger partial charge >= 0.3 is 0 Å². The molecule has 0 bridgehead atoms. The molecule has 0 spiro atoms. The molecule has 3 rings (SSSR count). The summed E-state index contributed by atoms with van der Waals surface area (Å²) in [6.07, 6.45) is 0. The maximum Gasteiger partial charge on any atom is 0.243 e. The summed E-state index contributed by atoms with van der Waals surface area (Å²) >= 11 is 0. The summed E-state index contributed by atoms with van der Waals surface area (Å²) in [6.45, 7) is 3.94. The van der Waals surface area contributed by atoms with Crippen LogP contribution in [0.2, 0.25) is 0 Å². The zero-order chi connectivity index (χ0) is 18.6. The lowest BCUT2D eigenvalue weighted by Gasteiger charge is -2.27. The third-order valence-corrected chi connectivity index (χ3v) is 6.53. The van der Waals surface area contributed by atoms with Gasteiger partial charge in [-0.25, -0.2) is 12.8 Å². The van der Waals surface area contributed by atoms with Gasteiger partial charge in [-0.2, -0.15) is 4.31 Å². The fraction of sp³-hybridized carbons (Fsp3) is 0.368. The lowest BCUT2D eigenvalue weighted by atomic mass is 10.1. The van der Waals surface area contributed by atoms with Gasteiger partial charge in [-0.15, -0.1) is 0 Å². The van der Waals surface area contributed by atoms with E-state index in [2.05, 4.69) is 5.32 Å². The number of halogens is 1. The van der Waals surface area contributed by atoms with E-state index in [-0.39, 0.29) is 11.9 Å². The number of hydrogen-bond acceptors (Lipinski definition) is 4. The predicted octanol–water partition coefficient (Wildman–Crippen LogP) is 2.70. The quantitative estimate of drug-likeness (QED) is 0.840. The van der Waals surface area contributed by atoms with Gasteiger partial charge in [0.2, 0.25) is 10.0 Å². The first-order valence-corrected chi connectivity index (χ1v) is 10.1. The highest BCUT2D eigenvalue weighted by atomic mass is 32.2. The second-order valence-corrected chi connectivity index (χ2v) is 8.18. The van der Waals surface area contributed by atoms with Crippen LogP contribution in [0.5, 0.6) is 0 Å². The van der Waals surface area contributed by atoms with Crippen LogP contribution in [0.1, 0.15) is 24.1 Å². The van der Waals surface area contributed by atoms with Crippen molar-refractivity contribution < 1.29 is 17.5 Å². The maximum absolute atomic E-state index is 13.1. The number of rotatable bonds is 6. The van der Waals surface area contributed by atoms with Gasteiger partial charge in [0.15, 0.2) is 0 Å². The first kappa shape index (κ1) is 19.0. The van der Waals surface area contributed by atoms with Crippen LogP contribution >= 0.6 is 0 Å². The van der Waals surface area contributed by atoms with E-state index < -0.39 is 10.0 Å². The summed E-state index contributed by atoms with van der Waals surface area (Å²) < 4.78 is 45.7. The number of nitrogens with one attached hydrogen (secondary N) is 1. The van der Waals surface area contributed by atoms with E-state index in [1.165, 1.54) is 16.4 Å². The van der Waals surface area contributed by atoms with Crippen molar-refractivity contribution in [3.8, 4) is 0 Å². The van der Waals surface area contributed by atoms with Crippen LogP contribution in [-0.4, -0.2) is 39.0 Å². The van der Waals surface area contributed by atoms with Crippen molar-refractivity contribution in [1.82, 2.24) is 9.62 Å². The Morgan fingerprint density at radius 1 is 1.12 bits per heavy atom. The molecule has 0 amide bonds. The SMILES string of the molecule is C[C@H](NCc1ccccc1S(=O)(=O)N1CCOCC1)c1ccc(F)cc1. The van der Waals surface area contributed by atoms with Crippen molar-refractivity contribution in [3.63, 3.8) is 0 Å². The number of nitrogens with zero attached hydrogens (tertiary/aromatic N) is 1. The fourth-order valence-electron chi connectivity index (χ4n) is 2.96. The fourth-order valence-corrected chi connectivity index (χ4v) is 4.59. The molecule has 2 aromatic rings. The largest absolute Gasteiger partial charge is 0.379 e. The molecule has 1 aliphatic rings. The Kier molecular flexibility index (Phi) is 6.03. The lowest BCUT2D eigenvalue weighted by molar-refractivity contribution is 0.0730. The van der Waals surface area contributed by atoms with Gasteiger partial charge in [0.25, 0.3) is 0 Å². The Bertz CT molecular complexity index is 834. The Morgan fingerprint density at radius 3 is 2.46 bits per heavy atom. The summed E-state index contributed by atoms with van der Waals surface area (Å²) in [5.74, 6) is -0.275. The van der Waals surface area contributed by atoms with E-state index in [0.717, 1.165) is 5.56 Å². The zero-order valence-electron chi connectivity index (χ0n) is 14.7. The van der Waals surface area contributed by atoms with Gasteiger partial charge in [0, 0.05) is 25.7 Å². The molecule has 0 unspecified atom stereocenters. The molecule has 0 aliphatic carbocycles.